The molecule has 22 heteroatoms. The van der Waals surface area contributed by atoms with Crippen molar-refractivity contribution in [2.75, 3.05) is 36.9 Å². The van der Waals surface area contributed by atoms with Crippen LogP contribution in [0.3, 0.4) is 0 Å². The number of rotatable bonds is 18. The van der Waals surface area contributed by atoms with E-state index in [0.717, 1.165) is 47.2 Å². The molecular formula is C59H63F2N8O11P. The minimum absolute atomic E-state index is 0.0654. The first-order valence-electron chi connectivity index (χ1n) is 27.2. The first-order chi connectivity index (χ1) is 38.9. The molecule has 0 bridgehead atoms. The SMILES string of the molecule is CCOP(=O)(OCC)C(F)(F)c1ccc2[nH]c(C(=O)N[C@H]3CN(C(C)=O)CC[C@H]4CC[C@@H](C(=O)Nc5ccc(-c6ccc(NC(=O)CCCCCC#Cc7cccc8c7CN(C7CCC(=O)NC7=O)C8=O)cc6)cc5)N4C3=O)cc2c1. The Morgan fingerprint density at radius 3 is 2.21 bits per heavy atom. The molecule has 4 atom stereocenters. The second-order valence-corrected chi connectivity index (χ2v) is 22.5. The van der Waals surface area contributed by atoms with Gasteiger partial charge in [-0.3, -0.25) is 48.2 Å². The number of unbranched alkanes of at least 4 members (excludes halogenated alkanes) is 3. The number of aromatic amines is 1. The maximum Gasteiger partial charge on any atom is 0.404 e. The van der Waals surface area contributed by atoms with Gasteiger partial charge in [-0.15, -0.1) is 0 Å². The zero-order valence-electron chi connectivity index (χ0n) is 45.1. The predicted molar refractivity (Wildman–Crippen MR) is 296 cm³/mol. The normalized spacial score (nSPS) is 19.2. The summed E-state index contributed by atoms with van der Waals surface area (Å²) in [6, 6.07) is 21.5. The molecule has 0 aliphatic carbocycles. The molecule has 5 N–H and O–H groups in total. The van der Waals surface area contributed by atoms with Gasteiger partial charge in [-0.25, -0.2) is 0 Å². The van der Waals surface area contributed by atoms with Crippen LogP contribution in [-0.4, -0.2) is 117 Å². The standard InChI is InChI=1S/C59H63F2N8O11P/c1-4-79-81(78,80-5-2)59(60,61)41-20-26-47-40(32-41)33-48(64-47)54(73)65-49-35-67(36(3)70)31-30-44-25-27-51(69(44)58(49)77)56(75)63-43-23-18-38(19-24-43)37-16-21-42(22-17-37)62-52(71)15-10-8-6-7-9-12-39-13-11-14-45-46(39)34-68(57(45)76)50-28-29-53(72)66-55(50)74/h11,13-14,16-24,26,32-33,44,49-51,64H,4-8,10,15,25,27-31,34-35H2,1-3H3,(H,62,71)(H,63,75)(H,65,73)(H,66,72,74)/t44-,49+,50?,51+/m1/s1. The van der Waals surface area contributed by atoms with Crippen LogP contribution in [0.2, 0.25) is 0 Å². The summed E-state index contributed by atoms with van der Waals surface area (Å²) in [4.78, 5) is 113. The van der Waals surface area contributed by atoms with Gasteiger partial charge in [0.05, 0.1) is 13.2 Å². The number of hydrogen-bond acceptors (Lipinski definition) is 11. The molecule has 19 nitrogen and oxygen atoms in total. The van der Waals surface area contributed by atoms with Gasteiger partial charge in [-0.05, 0) is 124 Å². The number of benzene rings is 4. The van der Waals surface area contributed by atoms with Crippen molar-refractivity contribution >= 4 is 77.1 Å². The third-order valence-electron chi connectivity index (χ3n) is 15.1. The summed E-state index contributed by atoms with van der Waals surface area (Å²) in [6.45, 7) is 4.03. The quantitative estimate of drug-likeness (QED) is 0.0242. The lowest BCUT2D eigenvalue weighted by atomic mass is 10.0. The maximum absolute atomic E-state index is 15.6. The Kier molecular flexibility index (Phi) is 17.6. The van der Waals surface area contributed by atoms with Gasteiger partial charge < -0.3 is 44.7 Å². The zero-order valence-corrected chi connectivity index (χ0v) is 46.0. The van der Waals surface area contributed by atoms with E-state index < -0.39 is 66.6 Å². The topological polar surface area (TPSA) is 246 Å². The van der Waals surface area contributed by atoms with E-state index in [9.17, 15) is 42.9 Å². The van der Waals surface area contributed by atoms with Crippen molar-refractivity contribution in [3.8, 4) is 23.0 Å². The molecule has 5 heterocycles. The van der Waals surface area contributed by atoms with E-state index in [4.69, 9.17) is 9.05 Å². The molecule has 4 aliphatic heterocycles. The van der Waals surface area contributed by atoms with Gasteiger partial charge >= 0.3 is 13.3 Å². The van der Waals surface area contributed by atoms with Crippen LogP contribution in [0, 0.1) is 11.8 Å². The highest BCUT2D eigenvalue weighted by molar-refractivity contribution is 7.54. The first kappa shape index (κ1) is 57.6. The molecule has 1 unspecified atom stereocenters. The zero-order chi connectivity index (χ0) is 57.6. The molecule has 8 amide bonds. The van der Waals surface area contributed by atoms with Gasteiger partial charge in [-0.1, -0.05) is 54.7 Å². The monoisotopic (exact) mass is 1130 g/mol. The van der Waals surface area contributed by atoms with Crippen LogP contribution in [0.4, 0.5) is 20.2 Å². The van der Waals surface area contributed by atoms with Crippen molar-refractivity contribution in [1.82, 2.24) is 30.3 Å². The minimum Gasteiger partial charge on any atom is -0.351 e. The van der Waals surface area contributed by atoms with Crippen molar-refractivity contribution in [3.05, 3.63) is 119 Å². The Labute approximate surface area is 466 Å². The van der Waals surface area contributed by atoms with Gasteiger partial charge in [0.1, 0.15) is 23.8 Å². The number of imide groups is 1. The number of piperidine rings is 1. The number of fused-ring (bicyclic) bond motifs is 3. The largest absolute Gasteiger partial charge is 0.404 e. The molecule has 4 aliphatic rings. The molecule has 4 aromatic carbocycles. The summed E-state index contributed by atoms with van der Waals surface area (Å²) in [7, 11) is -4.91. The highest BCUT2D eigenvalue weighted by Gasteiger charge is 2.55. The van der Waals surface area contributed by atoms with E-state index in [2.05, 4.69) is 38.1 Å². The highest BCUT2D eigenvalue weighted by Crippen LogP contribution is 2.67. The predicted octanol–water partition coefficient (Wildman–Crippen LogP) is 8.20. The van der Waals surface area contributed by atoms with Crippen LogP contribution >= 0.6 is 7.60 Å². The number of carbonyl (C=O) groups is 8. The number of halogens is 2. The summed E-state index contributed by atoms with van der Waals surface area (Å²) >= 11 is 0. The van der Waals surface area contributed by atoms with Crippen LogP contribution < -0.4 is 21.3 Å². The molecule has 81 heavy (non-hydrogen) atoms. The van der Waals surface area contributed by atoms with E-state index in [1.165, 1.54) is 47.6 Å². The molecule has 1 aromatic heterocycles. The summed E-state index contributed by atoms with van der Waals surface area (Å²) < 4.78 is 54.3. The van der Waals surface area contributed by atoms with Crippen LogP contribution in [0.15, 0.2) is 91.0 Å². The number of nitrogens with one attached hydrogen (secondary N) is 5. The van der Waals surface area contributed by atoms with E-state index in [1.807, 2.05) is 42.5 Å². The fourth-order valence-corrected chi connectivity index (χ4v) is 12.4. The van der Waals surface area contributed by atoms with Crippen molar-refractivity contribution in [2.24, 2.45) is 0 Å². The average Bonchev–Trinajstić information content (AvgIpc) is 4.33. The third kappa shape index (κ3) is 12.6. The minimum atomic E-state index is -4.91. The molecular weight excluding hydrogens is 1070 g/mol. The van der Waals surface area contributed by atoms with Crippen LogP contribution in [0.1, 0.15) is 123 Å². The summed E-state index contributed by atoms with van der Waals surface area (Å²) in [5.41, 5.74) is 0.465. The lowest BCUT2D eigenvalue weighted by Gasteiger charge is -2.38. The number of aromatic nitrogens is 1. The molecule has 0 spiro atoms. The van der Waals surface area contributed by atoms with Crippen LogP contribution in [-0.2, 0) is 54.6 Å². The number of amides is 8. The highest BCUT2D eigenvalue weighted by atomic mass is 31.2. The molecule has 5 aromatic rings. The maximum atomic E-state index is 15.6. The lowest BCUT2D eigenvalue weighted by molar-refractivity contribution is -0.143. The number of nitrogens with zero attached hydrogens (tertiary/aromatic N) is 3. The second kappa shape index (κ2) is 24.8. The number of alkyl halides is 2. The third-order valence-corrected chi connectivity index (χ3v) is 17.2. The average molecular weight is 1130 g/mol. The molecule has 424 valence electrons. The second-order valence-electron chi connectivity index (χ2n) is 20.4. The van der Waals surface area contributed by atoms with E-state index in [-0.39, 0.29) is 80.4 Å². The fraction of sp³-hybridized carbons (Fsp3) is 0.390. The van der Waals surface area contributed by atoms with Crippen molar-refractivity contribution in [3.63, 3.8) is 0 Å². The number of H-pyrrole nitrogens is 1. The fourth-order valence-electron chi connectivity index (χ4n) is 10.9. The Morgan fingerprint density at radius 1 is 0.827 bits per heavy atom. The number of anilines is 2. The summed E-state index contributed by atoms with van der Waals surface area (Å²) in [6.07, 6.45) is 4.90. The van der Waals surface area contributed by atoms with E-state index in [1.54, 1.807) is 24.3 Å². The number of carbonyl (C=O) groups excluding carboxylic acids is 8. The van der Waals surface area contributed by atoms with Crippen molar-refractivity contribution < 1.29 is 60.7 Å². The Morgan fingerprint density at radius 2 is 1.53 bits per heavy atom. The van der Waals surface area contributed by atoms with Crippen LogP contribution in [0.5, 0.6) is 0 Å². The lowest BCUT2D eigenvalue weighted by Crippen LogP contribution is -2.60. The first-order valence-corrected chi connectivity index (χ1v) is 28.8. The van der Waals surface area contributed by atoms with E-state index in [0.29, 0.717) is 61.0 Å². The summed E-state index contributed by atoms with van der Waals surface area (Å²) in [5.74, 6) is 3.19. The summed E-state index contributed by atoms with van der Waals surface area (Å²) in [5, 5.41) is 11.1. The van der Waals surface area contributed by atoms with Crippen LogP contribution in [0.25, 0.3) is 22.0 Å². The molecule has 0 saturated carbocycles. The Bertz CT molecular complexity index is 3380. The van der Waals surface area contributed by atoms with Gasteiger partial charge in [0.2, 0.25) is 35.4 Å². The van der Waals surface area contributed by atoms with Gasteiger partial charge in [-0.2, -0.15) is 8.78 Å². The van der Waals surface area contributed by atoms with Crippen molar-refractivity contribution in [1.29, 1.82) is 0 Å². The van der Waals surface area contributed by atoms with Gasteiger partial charge in [0.25, 0.3) is 11.8 Å². The molecule has 3 fully saturated rings. The Balaban J connectivity index is 0.752. The van der Waals surface area contributed by atoms with Gasteiger partial charge in [0, 0.05) is 90.8 Å². The van der Waals surface area contributed by atoms with Gasteiger partial charge in [0.15, 0.2) is 0 Å². The molecule has 0 radical (unpaired) electrons. The van der Waals surface area contributed by atoms with Crippen molar-refractivity contribution in [2.45, 2.75) is 121 Å². The Hall–Kier alpha value is -8.05. The smallest absolute Gasteiger partial charge is 0.351 e. The van der Waals surface area contributed by atoms with E-state index >= 15 is 8.78 Å². The molecule has 3 saturated heterocycles. The number of hydrogen-bond donors (Lipinski definition) is 5. The molecule has 9 rings (SSSR count).